The van der Waals surface area contributed by atoms with Crippen LogP contribution in [0.4, 0.5) is 16.2 Å². The lowest BCUT2D eigenvalue weighted by Crippen LogP contribution is -2.41. The third-order valence-electron chi connectivity index (χ3n) is 7.01. The fourth-order valence-corrected chi connectivity index (χ4v) is 5.84. The molecule has 2 aliphatic heterocycles. The number of pyridine rings is 1. The van der Waals surface area contributed by atoms with Gasteiger partial charge in [-0.05, 0) is 55.4 Å². The highest BCUT2D eigenvalue weighted by Gasteiger charge is 2.30. The van der Waals surface area contributed by atoms with Crippen molar-refractivity contribution in [2.24, 2.45) is 0 Å². The molecule has 0 aliphatic carbocycles. The van der Waals surface area contributed by atoms with Gasteiger partial charge in [0, 0.05) is 49.2 Å². The second kappa shape index (κ2) is 10.2. The van der Waals surface area contributed by atoms with Gasteiger partial charge in [-0.15, -0.1) is 11.3 Å². The number of likely N-dealkylation sites (N-methyl/N-ethyl adjacent to an activating group) is 1. The average Bonchev–Trinajstić information content (AvgIpc) is 3.57. The van der Waals surface area contributed by atoms with Crippen LogP contribution in [0.5, 0.6) is 0 Å². The summed E-state index contributed by atoms with van der Waals surface area (Å²) in [6.07, 6.45) is 3.79. The van der Waals surface area contributed by atoms with Crippen molar-refractivity contribution in [2.45, 2.75) is 18.9 Å². The number of amides is 2. The first-order valence-electron chi connectivity index (χ1n) is 12.6. The fourth-order valence-electron chi connectivity index (χ4n) is 4.99. The van der Waals surface area contributed by atoms with Crippen LogP contribution in [-0.4, -0.2) is 62.9 Å². The summed E-state index contributed by atoms with van der Waals surface area (Å²) in [5.41, 5.74) is 3.33. The Labute approximate surface area is 228 Å². The minimum atomic E-state index is -0.369. The van der Waals surface area contributed by atoms with E-state index in [1.165, 1.54) is 29.5 Å². The van der Waals surface area contributed by atoms with E-state index in [-0.39, 0.29) is 23.3 Å². The van der Waals surface area contributed by atoms with E-state index in [4.69, 9.17) is 4.98 Å². The summed E-state index contributed by atoms with van der Waals surface area (Å²) < 4.78 is 15.6. The van der Waals surface area contributed by atoms with Gasteiger partial charge in [0.1, 0.15) is 33.7 Å². The van der Waals surface area contributed by atoms with Crippen LogP contribution in [0.25, 0.3) is 22.0 Å². The fraction of sp³-hybridized carbons (Fsp3) is 0.250. The molecule has 0 unspecified atom stereocenters. The number of rotatable bonds is 6. The summed E-state index contributed by atoms with van der Waals surface area (Å²) in [5, 5.41) is 5.09. The van der Waals surface area contributed by atoms with Crippen LogP contribution in [0.15, 0.2) is 60.6 Å². The number of anilines is 2. The molecule has 1 N–H and O–H groups in total. The summed E-state index contributed by atoms with van der Waals surface area (Å²) in [7, 11) is 2.08. The van der Waals surface area contributed by atoms with E-state index in [9.17, 15) is 14.0 Å². The molecule has 4 aromatic rings. The maximum absolute atomic E-state index is 13.7. The molecule has 2 amide bonds. The quantitative estimate of drug-likeness (QED) is 0.362. The number of hydrogen-bond acceptors (Lipinski definition) is 7. The zero-order valence-electron chi connectivity index (χ0n) is 21.3. The van der Waals surface area contributed by atoms with Gasteiger partial charge >= 0.3 is 0 Å². The Morgan fingerprint density at radius 3 is 2.62 bits per heavy atom. The summed E-state index contributed by atoms with van der Waals surface area (Å²) in [6, 6.07) is 9.83. The van der Waals surface area contributed by atoms with Gasteiger partial charge in [-0.1, -0.05) is 12.6 Å². The topological polar surface area (TPSA) is 96.2 Å². The van der Waals surface area contributed by atoms with E-state index in [1.807, 2.05) is 22.9 Å². The van der Waals surface area contributed by atoms with Crippen LogP contribution in [0.2, 0.25) is 0 Å². The number of nitrogens with zero attached hydrogens (tertiary/aromatic N) is 6. The van der Waals surface area contributed by atoms with Gasteiger partial charge in [-0.3, -0.25) is 14.5 Å². The third-order valence-corrected chi connectivity index (χ3v) is 7.86. The maximum Gasteiger partial charge on any atom is 0.276 e. The minimum Gasteiger partial charge on any atom is -0.307 e. The Balaban J connectivity index is 1.31. The van der Waals surface area contributed by atoms with Crippen molar-refractivity contribution in [1.29, 1.82) is 0 Å². The van der Waals surface area contributed by atoms with E-state index in [1.54, 1.807) is 22.4 Å². The smallest absolute Gasteiger partial charge is 0.276 e. The van der Waals surface area contributed by atoms with E-state index in [0.29, 0.717) is 52.7 Å². The van der Waals surface area contributed by atoms with Gasteiger partial charge in [0.15, 0.2) is 0 Å². The van der Waals surface area contributed by atoms with Crippen molar-refractivity contribution >= 4 is 34.9 Å². The number of likely N-dealkylation sites (tertiary alicyclic amines) is 1. The standard InChI is InChI=1S/C28H26FN7O2S/c1-3-23(37)35-11-4-12-36-25(24(33-28(35)36)17-5-8-20(29)9-6-17)27-31-21(16-39-27)26(38)32-22-10-7-18(13-30-22)19-14-34(2)15-19/h3,5-10,13,16,19H,1,4,11-12,14-15H2,2H3,(H,30,32,38). The summed E-state index contributed by atoms with van der Waals surface area (Å²) in [4.78, 5) is 43.3. The summed E-state index contributed by atoms with van der Waals surface area (Å²) in [5.74, 6) is 0.430. The number of thiazole rings is 1. The highest BCUT2D eigenvalue weighted by molar-refractivity contribution is 7.13. The van der Waals surface area contributed by atoms with Crippen molar-refractivity contribution < 1.29 is 14.0 Å². The second-order valence-electron chi connectivity index (χ2n) is 9.70. The lowest BCUT2D eigenvalue weighted by Gasteiger charge is -2.36. The van der Waals surface area contributed by atoms with Gasteiger partial charge in [0.25, 0.3) is 11.8 Å². The highest BCUT2D eigenvalue weighted by atomic mass is 32.1. The van der Waals surface area contributed by atoms with Gasteiger partial charge < -0.3 is 14.8 Å². The molecule has 198 valence electrons. The van der Waals surface area contributed by atoms with Crippen molar-refractivity contribution in [3.8, 4) is 22.0 Å². The number of halogens is 1. The SMILES string of the molecule is C=CC(=O)N1CCCn2c1nc(-c1ccc(F)cc1)c2-c1nc(C(=O)Nc2ccc(C3CN(C)C3)cn2)cs1. The maximum atomic E-state index is 13.7. The van der Waals surface area contributed by atoms with Crippen molar-refractivity contribution in [1.82, 2.24) is 24.4 Å². The number of carbonyl (C=O) groups is 2. The molecule has 6 rings (SSSR count). The van der Waals surface area contributed by atoms with E-state index < -0.39 is 0 Å². The first kappa shape index (κ1) is 25.1. The molecule has 11 heteroatoms. The Hall–Kier alpha value is -4.22. The molecule has 0 spiro atoms. The largest absolute Gasteiger partial charge is 0.307 e. The Bertz CT molecular complexity index is 1560. The predicted octanol–water partition coefficient (Wildman–Crippen LogP) is 4.41. The molecule has 0 saturated carbocycles. The monoisotopic (exact) mass is 543 g/mol. The molecule has 0 atom stereocenters. The molecule has 1 aromatic carbocycles. The summed E-state index contributed by atoms with van der Waals surface area (Å²) >= 11 is 1.31. The molecular weight excluding hydrogens is 517 g/mol. The lowest BCUT2D eigenvalue weighted by atomic mass is 9.93. The van der Waals surface area contributed by atoms with Crippen LogP contribution >= 0.6 is 11.3 Å². The number of hydrogen-bond donors (Lipinski definition) is 1. The molecule has 5 heterocycles. The van der Waals surface area contributed by atoms with Gasteiger partial charge in [0.2, 0.25) is 5.95 Å². The third kappa shape index (κ3) is 4.75. The zero-order valence-corrected chi connectivity index (χ0v) is 22.1. The lowest BCUT2D eigenvalue weighted by molar-refractivity contribution is -0.114. The van der Waals surface area contributed by atoms with Gasteiger partial charge in [0.05, 0.1) is 0 Å². The van der Waals surface area contributed by atoms with E-state index >= 15 is 0 Å². The normalized spacial score (nSPS) is 15.5. The van der Waals surface area contributed by atoms with Crippen LogP contribution in [0.1, 0.15) is 28.4 Å². The zero-order chi connectivity index (χ0) is 27.1. The Morgan fingerprint density at radius 2 is 1.92 bits per heavy atom. The van der Waals surface area contributed by atoms with Crippen LogP contribution in [0.3, 0.4) is 0 Å². The molecule has 0 radical (unpaired) electrons. The molecule has 1 fully saturated rings. The molecule has 39 heavy (non-hydrogen) atoms. The second-order valence-corrected chi connectivity index (χ2v) is 10.6. The molecule has 0 bridgehead atoms. The first-order valence-corrected chi connectivity index (χ1v) is 13.5. The number of aromatic nitrogens is 4. The number of nitrogens with one attached hydrogen (secondary N) is 1. The number of imidazole rings is 1. The van der Waals surface area contributed by atoms with Crippen molar-refractivity contribution in [3.05, 3.63) is 77.7 Å². The minimum absolute atomic E-state index is 0.247. The molecule has 1 saturated heterocycles. The first-order chi connectivity index (χ1) is 18.9. The summed E-state index contributed by atoms with van der Waals surface area (Å²) in [6.45, 7) is 6.76. The van der Waals surface area contributed by atoms with E-state index in [2.05, 4.69) is 33.8 Å². The molecular formula is C28H26FN7O2S. The van der Waals surface area contributed by atoms with Crippen LogP contribution < -0.4 is 10.2 Å². The molecule has 2 aliphatic rings. The number of benzene rings is 1. The molecule has 9 nitrogen and oxygen atoms in total. The van der Waals surface area contributed by atoms with Crippen molar-refractivity contribution in [2.75, 3.05) is 36.9 Å². The number of carbonyl (C=O) groups excluding carboxylic acids is 2. The van der Waals surface area contributed by atoms with E-state index in [0.717, 1.165) is 25.1 Å². The predicted molar refractivity (Wildman–Crippen MR) is 148 cm³/mol. The molecule has 3 aromatic heterocycles. The van der Waals surface area contributed by atoms with Crippen molar-refractivity contribution in [3.63, 3.8) is 0 Å². The average molecular weight is 544 g/mol. The Kier molecular flexibility index (Phi) is 6.53. The highest BCUT2D eigenvalue weighted by Crippen LogP contribution is 2.39. The Morgan fingerprint density at radius 1 is 1.13 bits per heavy atom. The van der Waals surface area contributed by atoms with Gasteiger partial charge in [-0.2, -0.15) is 0 Å². The number of fused-ring (bicyclic) bond motifs is 1. The van der Waals surface area contributed by atoms with Crippen LogP contribution in [-0.2, 0) is 11.3 Å². The van der Waals surface area contributed by atoms with Gasteiger partial charge in [-0.25, -0.2) is 19.3 Å². The van der Waals surface area contributed by atoms with Crippen LogP contribution in [0, 0.1) is 5.82 Å².